The minimum absolute atomic E-state index is 0.0689. The van der Waals surface area contributed by atoms with E-state index in [0.29, 0.717) is 0 Å². The Hall–Kier alpha value is -3.19. The monoisotopic (exact) mass is 408 g/mol. The van der Waals surface area contributed by atoms with Crippen LogP contribution in [-0.2, 0) is 16.0 Å². The van der Waals surface area contributed by atoms with Crippen LogP contribution in [0.15, 0.2) is 54.7 Å². The van der Waals surface area contributed by atoms with E-state index in [-0.39, 0.29) is 18.9 Å². The molecule has 7 heteroatoms. The molecule has 1 amide bonds. The van der Waals surface area contributed by atoms with Gasteiger partial charge >= 0.3 is 12.1 Å². The van der Waals surface area contributed by atoms with E-state index in [1.165, 1.54) is 11.3 Å². The van der Waals surface area contributed by atoms with Crippen LogP contribution in [0, 0.1) is 6.92 Å². The van der Waals surface area contributed by atoms with Gasteiger partial charge in [-0.3, -0.25) is 0 Å². The Morgan fingerprint density at radius 1 is 1.14 bits per heavy atom. The van der Waals surface area contributed by atoms with E-state index in [0.717, 1.165) is 32.1 Å². The summed E-state index contributed by atoms with van der Waals surface area (Å²) in [5.41, 5.74) is 4.50. The maximum atomic E-state index is 12.3. The summed E-state index contributed by atoms with van der Waals surface area (Å²) in [5, 5.41) is 12.8. The van der Waals surface area contributed by atoms with Gasteiger partial charge in [0.25, 0.3) is 0 Å². The van der Waals surface area contributed by atoms with Crippen LogP contribution in [0.25, 0.3) is 11.1 Å². The second kappa shape index (κ2) is 8.05. The highest BCUT2D eigenvalue weighted by atomic mass is 32.1. The van der Waals surface area contributed by atoms with Gasteiger partial charge in [0.1, 0.15) is 12.6 Å². The quantitative estimate of drug-likeness (QED) is 0.644. The number of alkyl carbamates (subject to hydrolysis) is 1. The number of benzene rings is 2. The van der Waals surface area contributed by atoms with Gasteiger partial charge in [-0.2, -0.15) is 0 Å². The van der Waals surface area contributed by atoms with Crippen LogP contribution >= 0.6 is 11.3 Å². The van der Waals surface area contributed by atoms with Crippen molar-refractivity contribution in [2.45, 2.75) is 25.3 Å². The third-order valence-electron chi connectivity index (χ3n) is 5.01. The molecule has 0 saturated heterocycles. The van der Waals surface area contributed by atoms with E-state index >= 15 is 0 Å². The number of aryl methyl sites for hydroxylation is 1. The summed E-state index contributed by atoms with van der Waals surface area (Å²) < 4.78 is 5.44. The summed E-state index contributed by atoms with van der Waals surface area (Å²) in [7, 11) is 0. The summed E-state index contributed by atoms with van der Waals surface area (Å²) in [6, 6.07) is 15.0. The SMILES string of the molecule is Cc1ncc(CC(NC(=O)OCC2c3ccccc3-c3ccccc32)C(=O)O)s1. The normalized spacial score (nSPS) is 13.4. The van der Waals surface area contributed by atoms with Crippen molar-refractivity contribution < 1.29 is 19.4 Å². The Morgan fingerprint density at radius 2 is 1.76 bits per heavy atom. The van der Waals surface area contributed by atoms with E-state index in [4.69, 9.17) is 4.74 Å². The number of aliphatic carboxylic acids is 1. The molecule has 0 radical (unpaired) electrons. The summed E-state index contributed by atoms with van der Waals surface area (Å²) in [6.45, 7) is 1.99. The van der Waals surface area contributed by atoms with Gasteiger partial charge in [-0.25, -0.2) is 14.6 Å². The van der Waals surface area contributed by atoms with Crippen molar-refractivity contribution in [1.29, 1.82) is 0 Å². The second-order valence-corrected chi connectivity index (χ2v) is 8.23. The van der Waals surface area contributed by atoms with Crippen LogP contribution in [0.5, 0.6) is 0 Å². The summed E-state index contributed by atoms with van der Waals surface area (Å²) >= 11 is 1.41. The lowest BCUT2D eigenvalue weighted by Gasteiger charge is -2.17. The zero-order valence-corrected chi connectivity index (χ0v) is 16.6. The number of nitrogens with one attached hydrogen (secondary N) is 1. The molecule has 0 spiro atoms. The van der Waals surface area contributed by atoms with Crippen molar-refractivity contribution in [3.8, 4) is 11.1 Å². The van der Waals surface area contributed by atoms with Gasteiger partial charge in [-0.1, -0.05) is 48.5 Å². The number of carboxylic acid groups (broad SMARTS) is 1. The summed E-state index contributed by atoms with van der Waals surface area (Å²) in [6.07, 6.45) is 1.07. The van der Waals surface area contributed by atoms with Crippen LogP contribution in [0.2, 0.25) is 0 Å². The average Bonchev–Trinajstić information content (AvgIpc) is 3.27. The highest BCUT2D eigenvalue weighted by Gasteiger charge is 2.29. The van der Waals surface area contributed by atoms with Crippen molar-refractivity contribution in [2.24, 2.45) is 0 Å². The highest BCUT2D eigenvalue weighted by molar-refractivity contribution is 7.11. The molecule has 0 fully saturated rings. The predicted molar refractivity (Wildman–Crippen MR) is 110 cm³/mol. The number of carbonyl (C=O) groups is 2. The van der Waals surface area contributed by atoms with E-state index in [1.54, 1.807) is 6.20 Å². The van der Waals surface area contributed by atoms with Crippen LogP contribution in [-0.4, -0.2) is 34.8 Å². The number of nitrogens with zero attached hydrogens (tertiary/aromatic N) is 1. The molecule has 1 aliphatic rings. The molecule has 0 aliphatic heterocycles. The molecule has 148 valence electrons. The molecule has 1 atom stereocenters. The molecule has 6 nitrogen and oxygen atoms in total. The number of carboxylic acids is 1. The fourth-order valence-corrected chi connectivity index (χ4v) is 4.52. The third-order valence-corrected chi connectivity index (χ3v) is 5.94. The number of fused-ring (bicyclic) bond motifs is 3. The van der Waals surface area contributed by atoms with Gasteiger partial charge in [0, 0.05) is 23.4 Å². The van der Waals surface area contributed by atoms with Gasteiger partial charge in [-0.15, -0.1) is 11.3 Å². The lowest BCUT2D eigenvalue weighted by Crippen LogP contribution is -2.42. The minimum atomic E-state index is -1.11. The van der Waals surface area contributed by atoms with Crippen molar-refractivity contribution >= 4 is 23.4 Å². The fourth-order valence-electron chi connectivity index (χ4n) is 3.68. The molecule has 29 heavy (non-hydrogen) atoms. The lowest BCUT2D eigenvalue weighted by atomic mass is 9.98. The Morgan fingerprint density at radius 3 is 2.31 bits per heavy atom. The molecule has 2 N–H and O–H groups in total. The van der Waals surface area contributed by atoms with Crippen molar-refractivity contribution in [3.05, 3.63) is 75.7 Å². The van der Waals surface area contributed by atoms with Crippen LogP contribution < -0.4 is 5.32 Å². The van der Waals surface area contributed by atoms with E-state index in [1.807, 2.05) is 43.3 Å². The molecular formula is C22H20N2O4S. The number of carbonyl (C=O) groups excluding carboxylic acids is 1. The van der Waals surface area contributed by atoms with Crippen LogP contribution in [0.4, 0.5) is 4.79 Å². The maximum absolute atomic E-state index is 12.3. The maximum Gasteiger partial charge on any atom is 0.407 e. The van der Waals surface area contributed by atoms with E-state index < -0.39 is 18.1 Å². The topological polar surface area (TPSA) is 88.5 Å². The first-order valence-corrected chi connectivity index (χ1v) is 10.1. The molecule has 1 aliphatic carbocycles. The predicted octanol–water partition coefficient (Wildman–Crippen LogP) is 3.99. The summed E-state index contributed by atoms with van der Waals surface area (Å²) in [5.74, 6) is -1.18. The lowest BCUT2D eigenvalue weighted by molar-refractivity contribution is -0.139. The van der Waals surface area contributed by atoms with Gasteiger partial charge in [0.15, 0.2) is 0 Å². The number of hydrogen-bond donors (Lipinski definition) is 2. The molecule has 1 heterocycles. The van der Waals surface area contributed by atoms with Gasteiger partial charge in [-0.05, 0) is 29.2 Å². The largest absolute Gasteiger partial charge is 0.480 e. The van der Waals surface area contributed by atoms with Crippen LogP contribution in [0.3, 0.4) is 0 Å². The Labute approximate surface area is 172 Å². The first-order valence-electron chi connectivity index (χ1n) is 9.28. The standard InChI is InChI=1S/C22H20N2O4S/c1-13-23-11-14(29-13)10-20(21(25)26)24-22(27)28-12-19-17-8-4-2-6-15(17)16-7-3-5-9-18(16)19/h2-9,11,19-20H,10,12H2,1H3,(H,24,27)(H,25,26). The number of hydrogen-bond acceptors (Lipinski definition) is 5. The van der Waals surface area contributed by atoms with Crippen molar-refractivity contribution in [2.75, 3.05) is 6.61 Å². The van der Waals surface area contributed by atoms with Gasteiger partial charge in [0.2, 0.25) is 0 Å². The summed E-state index contributed by atoms with van der Waals surface area (Å²) in [4.78, 5) is 28.8. The number of rotatable bonds is 6. The second-order valence-electron chi connectivity index (χ2n) is 6.91. The first-order chi connectivity index (χ1) is 14.0. The van der Waals surface area contributed by atoms with Crippen LogP contribution in [0.1, 0.15) is 26.9 Å². The van der Waals surface area contributed by atoms with Gasteiger partial charge < -0.3 is 15.2 Å². The molecule has 1 aromatic heterocycles. The zero-order valence-electron chi connectivity index (χ0n) is 15.8. The molecule has 0 bridgehead atoms. The molecule has 3 aromatic rings. The zero-order chi connectivity index (χ0) is 20.4. The van der Waals surface area contributed by atoms with E-state index in [9.17, 15) is 14.7 Å². The van der Waals surface area contributed by atoms with Crippen molar-refractivity contribution in [3.63, 3.8) is 0 Å². The number of ether oxygens (including phenoxy) is 1. The Kier molecular flexibility index (Phi) is 5.31. The van der Waals surface area contributed by atoms with E-state index in [2.05, 4.69) is 22.4 Å². The minimum Gasteiger partial charge on any atom is -0.480 e. The average molecular weight is 408 g/mol. The Balaban J connectivity index is 1.43. The number of amides is 1. The molecule has 4 rings (SSSR count). The third kappa shape index (κ3) is 4.00. The first kappa shape index (κ1) is 19.1. The smallest absolute Gasteiger partial charge is 0.407 e. The molecule has 1 unspecified atom stereocenters. The molecule has 2 aromatic carbocycles. The number of thiazole rings is 1. The number of aromatic nitrogens is 1. The highest BCUT2D eigenvalue weighted by Crippen LogP contribution is 2.44. The van der Waals surface area contributed by atoms with Crippen molar-refractivity contribution in [1.82, 2.24) is 10.3 Å². The molecular weight excluding hydrogens is 388 g/mol. The van der Waals surface area contributed by atoms with Gasteiger partial charge in [0.05, 0.1) is 5.01 Å². The Bertz CT molecular complexity index is 1020. The fraction of sp³-hybridized carbons (Fsp3) is 0.227. The molecule has 0 saturated carbocycles.